The molecule has 0 aromatic rings. The van der Waals surface area contributed by atoms with Crippen molar-refractivity contribution < 1.29 is 4.74 Å². The van der Waals surface area contributed by atoms with Gasteiger partial charge in [0.1, 0.15) is 0 Å². The van der Waals surface area contributed by atoms with Crippen LogP contribution in [0.1, 0.15) is 46.0 Å². The number of likely N-dealkylation sites (tertiary alicyclic amines) is 1. The highest BCUT2D eigenvalue weighted by Crippen LogP contribution is 2.30. The number of hydrogen-bond acceptors (Lipinski definition) is 3. The molecule has 2 aliphatic heterocycles. The Morgan fingerprint density at radius 3 is 2.53 bits per heavy atom. The Balaban J connectivity index is 1.80. The second kappa shape index (κ2) is 5.68. The molecule has 0 radical (unpaired) electrons. The van der Waals surface area contributed by atoms with Crippen LogP contribution in [0.5, 0.6) is 0 Å². The quantitative estimate of drug-likeness (QED) is 0.820. The molecule has 3 heteroatoms. The molecule has 2 aliphatic rings. The first kappa shape index (κ1) is 13.3. The molecule has 2 fully saturated rings. The lowest BCUT2D eigenvalue weighted by molar-refractivity contribution is -0.0868. The summed E-state index contributed by atoms with van der Waals surface area (Å²) in [5.74, 6) is 0.879. The fraction of sp³-hybridized carbons (Fsp3) is 1.00. The number of nitrogens with zero attached hydrogens (tertiary/aromatic N) is 1. The maximum atomic E-state index is 5.80. The summed E-state index contributed by atoms with van der Waals surface area (Å²) in [6, 6.07) is 0.748. The molecule has 2 heterocycles. The summed E-state index contributed by atoms with van der Waals surface area (Å²) in [6.07, 6.45) is 6.30. The summed E-state index contributed by atoms with van der Waals surface area (Å²) < 4.78 is 5.80. The van der Waals surface area contributed by atoms with Crippen molar-refractivity contribution in [3.63, 3.8) is 0 Å². The van der Waals surface area contributed by atoms with Crippen LogP contribution < -0.4 is 5.73 Å². The lowest BCUT2D eigenvalue weighted by Gasteiger charge is -2.44. The van der Waals surface area contributed by atoms with Gasteiger partial charge in [0.15, 0.2) is 0 Å². The van der Waals surface area contributed by atoms with E-state index >= 15 is 0 Å². The van der Waals surface area contributed by atoms with Crippen LogP contribution in [-0.2, 0) is 4.74 Å². The van der Waals surface area contributed by atoms with E-state index in [1.165, 1.54) is 45.2 Å². The summed E-state index contributed by atoms with van der Waals surface area (Å²) in [6.45, 7) is 8.77. The monoisotopic (exact) mass is 240 g/mol. The molecule has 2 rings (SSSR count). The minimum Gasteiger partial charge on any atom is -0.375 e. The predicted molar refractivity (Wildman–Crippen MR) is 71.0 cm³/mol. The van der Waals surface area contributed by atoms with Crippen molar-refractivity contribution in [1.29, 1.82) is 0 Å². The van der Waals surface area contributed by atoms with Gasteiger partial charge in [-0.05, 0) is 71.5 Å². The van der Waals surface area contributed by atoms with E-state index in [1.54, 1.807) is 0 Å². The van der Waals surface area contributed by atoms with Gasteiger partial charge in [-0.2, -0.15) is 0 Å². The molecule has 0 bridgehead atoms. The molecule has 0 aromatic heterocycles. The number of rotatable bonds is 3. The summed E-state index contributed by atoms with van der Waals surface area (Å²) in [7, 11) is 0. The number of piperidine rings is 1. The zero-order chi connectivity index (χ0) is 12.3. The molecule has 0 saturated carbocycles. The van der Waals surface area contributed by atoms with Crippen molar-refractivity contribution in [2.24, 2.45) is 11.7 Å². The van der Waals surface area contributed by atoms with E-state index in [2.05, 4.69) is 18.7 Å². The Hall–Kier alpha value is -0.120. The zero-order valence-corrected chi connectivity index (χ0v) is 11.5. The average molecular weight is 240 g/mol. The number of ether oxygens (including phenoxy) is 1. The molecule has 3 nitrogen and oxygen atoms in total. The molecule has 0 aromatic carbocycles. The van der Waals surface area contributed by atoms with E-state index in [9.17, 15) is 0 Å². The highest BCUT2D eigenvalue weighted by Gasteiger charge is 2.33. The summed E-state index contributed by atoms with van der Waals surface area (Å²) >= 11 is 0. The first-order valence-corrected chi connectivity index (χ1v) is 7.19. The topological polar surface area (TPSA) is 38.5 Å². The molecular weight excluding hydrogens is 212 g/mol. The van der Waals surface area contributed by atoms with Crippen molar-refractivity contribution in [1.82, 2.24) is 4.90 Å². The fourth-order valence-electron chi connectivity index (χ4n) is 3.35. The van der Waals surface area contributed by atoms with Crippen LogP contribution in [0.4, 0.5) is 0 Å². The first-order valence-electron chi connectivity index (χ1n) is 7.19. The molecule has 2 saturated heterocycles. The number of nitrogens with two attached hydrogens (primary N) is 1. The Kier molecular flexibility index (Phi) is 4.45. The second-order valence-electron chi connectivity index (χ2n) is 6.31. The third kappa shape index (κ3) is 3.67. The summed E-state index contributed by atoms with van der Waals surface area (Å²) in [5, 5.41) is 0. The van der Waals surface area contributed by atoms with Crippen molar-refractivity contribution in [2.75, 3.05) is 26.2 Å². The van der Waals surface area contributed by atoms with E-state index in [4.69, 9.17) is 10.5 Å². The Morgan fingerprint density at radius 1 is 1.24 bits per heavy atom. The van der Waals surface area contributed by atoms with Crippen LogP contribution in [-0.4, -0.2) is 42.8 Å². The van der Waals surface area contributed by atoms with Gasteiger partial charge in [0.05, 0.1) is 5.60 Å². The normalized spacial score (nSPS) is 31.6. The maximum absolute atomic E-state index is 5.80. The van der Waals surface area contributed by atoms with Crippen molar-refractivity contribution in [3.8, 4) is 0 Å². The van der Waals surface area contributed by atoms with Gasteiger partial charge in [-0.25, -0.2) is 0 Å². The Morgan fingerprint density at radius 2 is 1.94 bits per heavy atom. The average Bonchev–Trinajstić information content (AvgIpc) is 2.29. The van der Waals surface area contributed by atoms with Crippen LogP contribution in [0.3, 0.4) is 0 Å². The maximum Gasteiger partial charge on any atom is 0.0641 e. The third-order valence-electron chi connectivity index (χ3n) is 4.41. The summed E-state index contributed by atoms with van der Waals surface area (Å²) in [5.41, 5.74) is 5.72. The molecular formula is C14H28N2O. The Bertz CT molecular complexity index is 234. The van der Waals surface area contributed by atoms with E-state index in [0.717, 1.165) is 25.1 Å². The zero-order valence-electron chi connectivity index (χ0n) is 11.5. The van der Waals surface area contributed by atoms with Crippen LogP contribution in [0.25, 0.3) is 0 Å². The fourth-order valence-corrected chi connectivity index (χ4v) is 3.35. The van der Waals surface area contributed by atoms with Gasteiger partial charge in [0, 0.05) is 12.6 Å². The van der Waals surface area contributed by atoms with Gasteiger partial charge >= 0.3 is 0 Å². The summed E-state index contributed by atoms with van der Waals surface area (Å²) in [4.78, 5) is 2.69. The van der Waals surface area contributed by atoms with Crippen LogP contribution >= 0.6 is 0 Å². The van der Waals surface area contributed by atoms with E-state index < -0.39 is 0 Å². The third-order valence-corrected chi connectivity index (χ3v) is 4.41. The SMILES string of the molecule is CC1(C)CC(N2CCC(CCN)CC2)CCO1. The second-order valence-corrected chi connectivity index (χ2v) is 6.31. The molecule has 0 spiro atoms. The van der Waals surface area contributed by atoms with Crippen LogP contribution in [0, 0.1) is 5.92 Å². The largest absolute Gasteiger partial charge is 0.375 e. The Labute approximate surface area is 106 Å². The molecule has 1 atom stereocenters. The molecule has 2 N–H and O–H groups in total. The number of hydrogen-bond donors (Lipinski definition) is 1. The van der Waals surface area contributed by atoms with Crippen LogP contribution in [0.15, 0.2) is 0 Å². The van der Waals surface area contributed by atoms with Crippen molar-refractivity contribution >= 4 is 0 Å². The van der Waals surface area contributed by atoms with Gasteiger partial charge < -0.3 is 15.4 Å². The van der Waals surface area contributed by atoms with E-state index in [1.807, 2.05) is 0 Å². The van der Waals surface area contributed by atoms with Crippen molar-refractivity contribution in [3.05, 3.63) is 0 Å². The minimum absolute atomic E-state index is 0.0804. The molecule has 0 amide bonds. The molecule has 17 heavy (non-hydrogen) atoms. The van der Waals surface area contributed by atoms with E-state index in [0.29, 0.717) is 0 Å². The minimum atomic E-state index is 0.0804. The van der Waals surface area contributed by atoms with Gasteiger partial charge in [-0.3, -0.25) is 0 Å². The van der Waals surface area contributed by atoms with Crippen molar-refractivity contribution in [2.45, 2.75) is 57.6 Å². The first-order chi connectivity index (χ1) is 8.11. The van der Waals surface area contributed by atoms with Gasteiger partial charge in [-0.15, -0.1) is 0 Å². The van der Waals surface area contributed by atoms with Crippen LogP contribution in [0.2, 0.25) is 0 Å². The lowest BCUT2D eigenvalue weighted by Crippen LogP contribution is -2.48. The highest BCUT2D eigenvalue weighted by atomic mass is 16.5. The highest BCUT2D eigenvalue weighted by molar-refractivity contribution is 4.87. The molecule has 1 unspecified atom stereocenters. The lowest BCUT2D eigenvalue weighted by atomic mass is 9.88. The molecule has 100 valence electrons. The predicted octanol–water partition coefficient (Wildman–Crippen LogP) is 2.00. The smallest absolute Gasteiger partial charge is 0.0641 e. The standard InChI is InChI=1S/C14H28N2O/c1-14(2)11-13(6-10-17-14)16-8-4-12(3-7-15)5-9-16/h12-13H,3-11,15H2,1-2H3. The van der Waals surface area contributed by atoms with E-state index in [-0.39, 0.29) is 5.60 Å². The van der Waals surface area contributed by atoms with Gasteiger partial charge in [-0.1, -0.05) is 0 Å². The van der Waals surface area contributed by atoms with Gasteiger partial charge in [0.25, 0.3) is 0 Å². The molecule has 0 aliphatic carbocycles. The van der Waals surface area contributed by atoms with Gasteiger partial charge in [0.2, 0.25) is 0 Å².